The molecule has 164 valence electrons. The molecule has 5 heteroatoms. The Kier molecular flexibility index (Phi) is 5.64. The summed E-state index contributed by atoms with van der Waals surface area (Å²) in [5.41, 5.74) is 5.05. The summed E-state index contributed by atoms with van der Waals surface area (Å²) in [6, 6.07) is 18.1. The van der Waals surface area contributed by atoms with Crippen molar-refractivity contribution in [2.45, 2.75) is 39.7 Å². The van der Waals surface area contributed by atoms with Crippen LogP contribution in [0.2, 0.25) is 0 Å². The molecule has 1 amide bonds. The van der Waals surface area contributed by atoms with Crippen molar-refractivity contribution in [3.05, 3.63) is 77.0 Å². The Morgan fingerprint density at radius 1 is 0.938 bits per heavy atom. The van der Waals surface area contributed by atoms with E-state index in [4.69, 9.17) is 9.97 Å². The van der Waals surface area contributed by atoms with Crippen LogP contribution in [0.5, 0.6) is 0 Å². The van der Waals surface area contributed by atoms with Gasteiger partial charge in [-0.25, -0.2) is 9.97 Å². The highest BCUT2D eigenvalue weighted by atomic mass is 16.2. The summed E-state index contributed by atoms with van der Waals surface area (Å²) < 4.78 is 0. The van der Waals surface area contributed by atoms with E-state index in [0.717, 1.165) is 65.0 Å². The SMILES string of the molecule is Cc1ccccc1C(=O)N1CCc2nc(-c3ccccc3)nc(N3CCC(C)CC3)c2C1. The lowest BCUT2D eigenvalue weighted by molar-refractivity contribution is 0.0733. The molecule has 2 aromatic carbocycles. The molecule has 0 unspecified atom stereocenters. The number of benzene rings is 2. The van der Waals surface area contributed by atoms with Crippen molar-refractivity contribution < 1.29 is 4.79 Å². The van der Waals surface area contributed by atoms with Crippen LogP contribution in [0.25, 0.3) is 11.4 Å². The maximum absolute atomic E-state index is 13.3. The average molecular weight is 427 g/mol. The Bertz CT molecular complexity index is 1120. The summed E-state index contributed by atoms with van der Waals surface area (Å²) in [7, 11) is 0. The second kappa shape index (κ2) is 8.73. The minimum Gasteiger partial charge on any atom is -0.356 e. The molecule has 5 rings (SSSR count). The maximum atomic E-state index is 13.3. The number of fused-ring (bicyclic) bond motifs is 1. The molecule has 1 saturated heterocycles. The molecule has 3 heterocycles. The molecular weight excluding hydrogens is 396 g/mol. The molecule has 0 atom stereocenters. The highest BCUT2D eigenvalue weighted by molar-refractivity contribution is 5.95. The van der Waals surface area contributed by atoms with Gasteiger partial charge < -0.3 is 9.80 Å². The molecule has 0 bridgehead atoms. The minimum absolute atomic E-state index is 0.0964. The van der Waals surface area contributed by atoms with Crippen molar-refractivity contribution in [3.63, 3.8) is 0 Å². The number of aryl methyl sites for hydroxylation is 1. The number of nitrogens with zero attached hydrogens (tertiary/aromatic N) is 4. The number of amides is 1. The molecule has 2 aliphatic rings. The highest BCUT2D eigenvalue weighted by Gasteiger charge is 2.30. The maximum Gasteiger partial charge on any atom is 0.254 e. The van der Waals surface area contributed by atoms with E-state index in [1.165, 1.54) is 12.8 Å². The van der Waals surface area contributed by atoms with Gasteiger partial charge in [0.2, 0.25) is 0 Å². The molecule has 5 nitrogen and oxygen atoms in total. The van der Waals surface area contributed by atoms with E-state index < -0.39 is 0 Å². The fraction of sp³-hybridized carbons (Fsp3) is 0.370. The molecule has 1 aromatic heterocycles. The van der Waals surface area contributed by atoms with Crippen molar-refractivity contribution >= 4 is 11.7 Å². The van der Waals surface area contributed by atoms with Gasteiger partial charge in [0.1, 0.15) is 5.82 Å². The molecule has 0 spiro atoms. The second-order valence-corrected chi connectivity index (χ2v) is 9.12. The van der Waals surface area contributed by atoms with E-state index in [1.807, 2.05) is 54.3 Å². The lowest BCUT2D eigenvalue weighted by atomic mass is 9.97. The van der Waals surface area contributed by atoms with Gasteiger partial charge in [-0.05, 0) is 37.3 Å². The molecule has 0 aliphatic carbocycles. The van der Waals surface area contributed by atoms with Gasteiger partial charge in [-0.15, -0.1) is 0 Å². The second-order valence-electron chi connectivity index (χ2n) is 9.12. The van der Waals surface area contributed by atoms with Crippen LogP contribution in [0.3, 0.4) is 0 Å². The Balaban J connectivity index is 1.52. The van der Waals surface area contributed by atoms with E-state index in [9.17, 15) is 4.79 Å². The van der Waals surface area contributed by atoms with Crippen LogP contribution >= 0.6 is 0 Å². The predicted molar refractivity (Wildman–Crippen MR) is 128 cm³/mol. The van der Waals surface area contributed by atoms with Gasteiger partial charge in [0.15, 0.2) is 5.82 Å². The number of piperidine rings is 1. The Hall–Kier alpha value is -3.21. The van der Waals surface area contributed by atoms with Gasteiger partial charge in [-0.2, -0.15) is 0 Å². The standard InChI is InChI=1S/C27H30N4O/c1-19-12-15-30(16-13-19)26-23-18-31(27(32)22-11-7-6-8-20(22)2)17-14-24(23)28-25(29-26)21-9-4-3-5-10-21/h3-11,19H,12-18H2,1-2H3. The zero-order valence-corrected chi connectivity index (χ0v) is 18.9. The molecular formula is C27H30N4O. The first kappa shape index (κ1) is 20.7. The summed E-state index contributed by atoms with van der Waals surface area (Å²) in [5.74, 6) is 2.65. The lowest BCUT2D eigenvalue weighted by Gasteiger charge is -2.36. The van der Waals surface area contributed by atoms with Crippen LogP contribution in [-0.2, 0) is 13.0 Å². The number of rotatable bonds is 3. The number of hydrogen-bond donors (Lipinski definition) is 0. The van der Waals surface area contributed by atoms with Crippen molar-refractivity contribution in [2.75, 3.05) is 24.5 Å². The predicted octanol–water partition coefficient (Wildman–Crippen LogP) is 4.89. The Labute approximate surface area is 190 Å². The molecule has 1 fully saturated rings. The topological polar surface area (TPSA) is 49.3 Å². The first-order valence-corrected chi connectivity index (χ1v) is 11.6. The fourth-order valence-electron chi connectivity index (χ4n) is 4.75. The zero-order valence-electron chi connectivity index (χ0n) is 18.9. The fourth-order valence-corrected chi connectivity index (χ4v) is 4.75. The van der Waals surface area contributed by atoms with Crippen molar-refractivity contribution in [2.24, 2.45) is 5.92 Å². The van der Waals surface area contributed by atoms with Crippen LogP contribution in [0.1, 0.15) is 46.9 Å². The van der Waals surface area contributed by atoms with Gasteiger partial charge >= 0.3 is 0 Å². The van der Waals surface area contributed by atoms with Crippen LogP contribution < -0.4 is 4.90 Å². The third kappa shape index (κ3) is 3.99. The quantitative estimate of drug-likeness (QED) is 0.599. The smallest absolute Gasteiger partial charge is 0.254 e. The van der Waals surface area contributed by atoms with E-state index >= 15 is 0 Å². The monoisotopic (exact) mass is 426 g/mol. The van der Waals surface area contributed by atoms with Gasteiger partial charge in [0, 0.05) is 42.7 Å². The van der Waals surface area contributed by atoms with Crippen LogP contribution in [0, 0.1) is 12.8 Å². The largest absolute Gasteiger partial charge is 0.356 e. The molecule has 32 heavy (non-hydrogen) atoms. The third-order valence-electron chi connectivity index (χ3n) is 6.82. The number of hydrogen-bond acceptors (Lipinski definition) is 4. The molecule has 2 aliphatic heterocycles. The van der Waals surface area contributed by atoms with Crippen LogP contribution in [0.15, 0.2) is 54.6 Å². The van der Waals surface area contributed by atoms with E-state index in [-0.39, 0.29) is 5.91 Å². The number of aromatic nitrogens is 2. The summed E-state index contributed by atoms with van der Waals surface area (Å²) in [4.78, 5) is 27.7. The Morgan fingerprint density at radius 3 is 2.41 bits per heavy atom. The molecule has 3 aromatic rings. The third-order valence-corrected chi connectivity index (χ3v) is 6.82. The van der Waals surface area contributed by atoms with Gasteiger partial charge in [-0.1, -0.05) is 55.5 Å². The normalized spacial score (nSPS) is 16.7. The van der Waals surface area contributed by atoms with E-state index in [0.29, 0.717) is 13.1 Å². The van der Waals surface area contributed by atoms with Crippen LogP contribution in [0.4, 0.5) is 5.82 Å². The van der Waals surface area contributed by atoms with Crippen molar-refractivity contribution in [1.29, 1.82) is 0 Å². The molecule has 0 radical (unpaired) electrons. The summed E-state index contributed by atoms with van der Waals surface area (Å²) in [5, 5.41) is 0. The van der Waals surface area contributed by atoms with Gasteiger partial charge in [-0.3, -0.25) is 4.79 Å². The lowest BCUT2D eigenvalue weighted by Crippen LogP contribution is -2.40. The summed E-state index contributed by atoms with van der Waals surface area (Å²) in [6.45, 7) is 7.58. The summed E-state index contributed by atoms with van der Waals surface area (Å²) >= 11 is 0. The van der Waals surface area contributed by atoms with E-state index in [2.05, 4.69) is 24.0 Å². The number of anilines is 1. The molecule has 0 saturated carbocycles. The van der Waals surface area contributed by atoms with Crippen molar-refractivity contribution in [3.8, 4) is 11.4 Å². The highest BCUT2D eigenvalue weighted by Crippen LogP contribution is 2.32. The van der Waals surface area contributed by atoms with Gasteiger partial charge in [0.05, 0.1) is 12.2 Å². The first-order valence-electron chi connectivity index (χ1n) is 11.6. The zero-order chi connectivity index (χ0) is 22.1. The average Bonchev–Trinajstić information content (AvgIpc) is 2.84. The summed E-state index contributed by atoms with van der Waals surface area (Å²) in [6.07, 6.45) is 3.10. The van der Waals surface area contributed by atoms with E-state index in [1.54, 1.807) is 0 Å². The Morgan fingerprint density at radius 2 is 1.66 bits per heavy atom. The van der Waals surface area contributed by atoms with Crippen LogP contribution in [-0.4, -0.2) is 40.4 Å². The number of carbonyl (C=O) groups excluding carboxylic acids is 1. The minimum atomic E-state index is 0.0964. The van der Waals surface area contributed by atoms with Crippen molar-refractivity contribution in [1.82, 2.24) is 14.9 Å². The first-order chi connectivity index (χ1) is 15.6. The number of carbonyl (C=O) groups is 1. The molecule has 0 N–H and O–H groups in total. The van der Waals surface area contributed by atoms with Gasteiger partial charge in [0.25, 0.3) is 5.91 Å².